The second-order valence-electron chi connectivity index (χ2n) is 7.41. The normalized spacial score (nSPS) is 13.1. The molecule has 2 atom stereocenters. The fraction of sp³-hybridized carbons (Fsp3) is 0.381. The minimum absolute atomic E-state index is 0.0391. The van der Waals surface area contributed by atoms with Gasteiger partial charge in [0.2, 0.25) is 5.78 Å². The van der Waals surface area contributed by atoms with Crippen LogP contribution >= 0.6 is 0 Å². The van der Waals surface area contributed by atoms with Crippen molar-refractivity contribution in [3.05, 3.63) is 56.4 Å². The molecule has 0 saturated carbocycles. The second kappa shape index (κ2) is 9.93. The number of esters is 2. The summed E-state index contributed by atoms with van der Waals surface area (Å²) >= 11 is 0. The number of nitrogens with zero attached hydrogens (tertiary/aromatic N) is 1. The van der Waals surface area contributed by atoms with Crippen molar-refractivity contribution in [2.24, 2.45) is 0 Å². The van der Waals surface area contributed by atoms with E-state index >= 15 is 0 Å². The minimum atomic E-state index is -4.79. The highest BCUT2D eigenvalue weighted by atomic mass is 19.4. The zero-order valence-electron chi connectivity index (χ0n) is 18.8. The molecule has 2 rings (SSSR count). The zero-order chi connectivity index (χ0) is 26.0. The van der Waals surface area contributed by atoms with Crippen molar-refractivity contribution >= 4 is 29.1 Å². The monoisotopic (exact) mass is 485 g/mol. The number of anilines is 1. The molecule has 1 aromatic heterocycles. The number of aromatic amines is 1. The van der Waals surface area contributed by atoms with Gasteiger partial charge in [0.05, 0.1) is 28.9 Å². The maximum atomic E-state index is 12.9. The summed E-state index contributed by atoms with van der Waals surface area (Å²) in [7, 11) is 1.19. The second-order valence-corrected chi connectivity index (χ2v) is 7.41. The average molecular weight is 485 g/mol. The number of benzene rings is 1. The number of hydrogen-bond donors (Lipinski definition) is 2. The number of methoxy groups -OCH3 is 1. The Morgan fingerprint density at radius 2 is 1.79 bits per heavy atom. The number of carbonyl (C=O) groups excluding carboxylic acids is 3. The fourth-order valence-electron chi connectivity index (χ4n) is 3.21. The topological polar surface area (TPSA) is 141 Å². The highest BCUT2D eigenvalue weighted by Gasteiger charge is 2.34. The Bertz CT molecular complexity index is 1140. The predicted molar refractivity (Wildman–Crippen MR) is 113 cm³/mol. The summed E-state index contributed by atoms with van der Waals surface area (Å²) in [6, 6.07) is 0.567. The zero-order valence-corrected chi connectivity index (χ0v) is 18.8. The van der Waals surface area contributed by atoms with Gasteiger partial charge in [-0.25, -0.2) is 9.59 Å². The molecule has 0 spiro atoms. The van der Waals surface area contributed by atoms with Crippen LogP contribution in [0.4, 0.5) is 24.5 Å². The lowest BCUT2D eigenvalue weighted by molar-refractivity contribution is -0.384. The van der Waals surface area contributed by atoms with Gasteiger partial charge in [-0.3, -0.25) is 14.9 Å². The molecule has 0 aliphatic heterocycles. The molecule has 2 N–H and O–H groups in total. The van der Waals surface area contributed by atoms with Crippen LogP contribution in [0.5, 0.6) is 0 Å². The molecule has 0 bridgehead atoms. The summed E-state index contributed by atoms with van der Waals surface area (Å²) in [5.74, 6) is -2.27. The summed E-state index contributed by atoms with van der Waals surface area (Å²) in [4.78, 5) is 50.0. The van der Waals surface area contributed by atoms with Crippen molar-refractivity contribution in [1.82, 2.24) is 4.98 Å². The van der Waals surface area contributed by atoms with Crippen molar-refractivity contribution in [3.8, 4) is 0 Å². The van der Waals surface area contributed by atoms with Crippen LogP contribution in [0.2, 0.25) is 0 Å². The smallest absolute Gasteiger partial charge is 0.416 e. The van der Waals surface area contributed by atoms with Crippen LogP contribution < -0.4 is 5.32 Å². The number of H-pyrrole nitrogens is 1. The molecular weight excluding hydrogens is 463 g/mol. The minimum Gasteiger partial charge on any atom is -0.465 e. The number of alkyl halides is 3. The Balaban J connectivity index is 2.17. The maximum Gasteiger partial charge on any atom is 0.416 e. The van der Waals surface area contributed by atoms with Gasteiger partial charge >= 0.3 is 18.1 Å². The number of hydrogen-bond acceptors (Lipinski definition) is 8. The quantitative estimate of drug-likeness (QED) is 0.248. The van der Waals surface area contributed by atoms with E-state index < -0.39 is 52.2 Å². The largest absolute Gasteiger partial charge is 0.465 e. The number of carbonyl (C=O) groups is 3. The summed E-state index contributed by atoms with van der Waals surface area (Å²) in [5, 5.41) is 13.6. The van der Waals surface area contributed by atoms with Crippen LogP contribution in [0.1, 0.15) is 51.5 Å². The Hall–Kier alpha value is -3.90. The number of aryl methyl sites for hydroxylation is 1. The highest BCUT2D eigenvalue weighted by Crippen LogP contribution is 2.35. The molecule has 1 heterocycles. The van der Waals surface area contributed by atoms with Gasteiger partial charge in [0, 0.05) is 11.8 Å². The lowest BCUT2D eigenvalue weighted by Gasteiger charge is -2.18. The molecule has 0 unspecified atom stereocenters. The first-order valence-electron chi connectivity index (χ1n) is 9.83. The van der Waals surface area contributed by atoms with Gasteiger partial charge in [0.15, 0.2) is 6.10 Å². The highest BCUT2D eigenvalue weighted by molar-refractivity contribution is 6.04. The third-order valence-corrected chi connectivity index (χ3v) is 4.98. The molecule has 184 valence electrons. The molecule has 0 aliphatic rings. The number of halogens is 3. The van der Waals surface area contributed by atoms with Crippen molar-refractivity contribution in [2.45, 2.75) is 46.0 Å². The number of aromatic nitrogens is 1. The van der Waals surface area contributed by atoms with E-state index in [2.05, 4.69) is 15.0 Å². The van der Waals surface area contributed by atoms with E-state index in [1.165, 1.54) is 27.9 Å². The van der Waals surface area contributed by atoms with Gasteiger partial charge in [0.1, 0.15) is 11.7 Å². The standard InChI is InChI=1S/C21H22F3N3O7/c1-9-16(20(30)33-5)10(2)26-17(9)18(28)12(4)34-19(29)11(3)25-14-7-6-13(21(22,23)24)8-15(14)27(31)32/h6-8,11-12,25-26H,1-5H3/t11-,12+/m0/s1. The van der Waals surface area contributed by atoms with Crippen LogP contribution in [-0.4, -0.2) is 46.9 Å². The van der Waals surface area contributed by atoms with Gasteiger partial charge in [-0.1, -0.05) is 0 Å². The van der Waals surface area contributed by atoms with E-state index in [1.807, 2.05) is 0 Å². The SMILES string of the molecule is COC(=O)c1c(C)[nH]c(C(=O)[C@@H](C)OC(=O)[C@H](C)Nc2ccc(C(F)(F)F)cc2[N+](=O)[O-])c1C. The summed E-state index contributed by atoms with van der Waals surface area (Å²) in [5.41, 5.74) is -1.53. The number of Topliss-reactive ketones (excluding diaryl/α,β-unsaturated/α-hetero) is 1. The molecule has 1 aromatic carbocycles. The molecule has 0 radical (unpaired) electrons. The third-order valence-electron chi connectivity index (χ3n) is 4.98. The Labute approximate surface area is 191 Å². The van der Waals surface area contributed by atoms with E-state index in [0.717, 1.165) is 6.07 Å². The Kier molecular flexibility index (Phi) is 7.70. The van der Waals surface area contributed by atoms with E-state index in [-0.39, 0.29) is 16.9 Å². The van der Waals surface area contributed by atoms with E-state index in [9.17, 15) is 37.7 Å². The maximum absolute atomic E-state index is 12.9. The van der Waals surface area contributed by atoms with Crippen molar-refractivity contribution in [3.63, 3.8) is 0 Å². The third kappa shape index (κ3) is 5.53. The van der Waals surface area contributed by atoms with Gasteiger partial charge in [0.25, 0.3) is 5.69 Å². The van der Waals surface area contributed by atoms with E-state index in [0.29, 0.717) is 23.4 Å². The molecule has 10 nitrogen and oxygen atoms in total. The van der Waals surface area contributed by atoms with Crippen LogP contribution in [0.3, 0.4) is 0 Å². The summed E-state index contributed by atoms with van der Waals surface area (Å²) in [6.45, 7) is 5.64. The van der Waals surface area contributed by atoms with Crippen molar-refractivity contribution < 1.29 is 42.0 Å². The molecule has 0 aliphatic carbocycles. The number of ether oxygens (including phenoxy) is 2. The van der Waals surface area contributed by atoms with Gasteiger partial charge in [-0.05, 0) is 45.4 Å². The predicted octanol–water partition coefficient (Wildman–Crippen LogP) is 3.96. The lowest BCUT2D eigenvalue weighted by atomic mass is 10.1. The Morgan fingerprint density at radius 1 is 1.18 bits per heavy atom. The van der Waals surface area contributed by atoms with Gasteiger partial charge in [-0.2, -0.15) is 13.2 Å². The molecule has 2 aromatic rings. The van der Waals surface area contributed by atoms with Crippen LogP contribution in [0.15, 0.2) is 18.2 Å². The molecule has 34 heavy (non-hydrogen) atoms. The lowest BCUT2D eigenvalue weighted by Crippen LogP contribution is -2.34. The van der Waals surface area contributed by atoms with E-state index in [4.69, 9.17) is 4.74 Å². The fourth-order valence-corrected chi connectivity index (χ4v) is 3.21. The number of nitrogens with one attached hydrogen (secondary N) is 2. The first kappa shape index (κ1) is 26.4. The number of nitro groups is 1. The van der Waals surface area contributed by atoms with Crippen LogP contribution in [-0.2, 0) is 20.4 Å². The van der Waals surface area contributed by atoms with Crippen molar-refractivity contribution in [1.29, 1.82) is 0 Å². The summed E-state index contributed by atoms with van der Waals surface area (Å²) < 4.78 is 48.4. The van der Waals surface area contributed by atoms with Crippen molar-refractivity contribution in [2.75, 3.05) is 12.4 Å². The molecule has 0 fully saturated rings. The number of ketones is 1. The average Bonchev–Trinajstić information content (AvgIpc) is 3.05. The first-order chi connectivity index (χ1) is 15.7. The molecule has 13 heteroatoms. The molecule has 0 amide bonds. The van der Waals surface area contributed by atoms with Gasteiger partial charge < -0.3 is 19.8 Å². The van der Waals surface area contributed by atoms with E-state index in [1.54, 1.807) is 6.92 Å². The van der Waals surface area contributed by atoms with Gasteiger partial charge in [-0.15, -0.1) is 0 Å². The number of nitro benzene ring substituents is 1. The molecule has 0 saturated heterocycles. The summed E-state index contributed by atoms with van der Waals surface area (Å²) in [6.07, 6.45) is -6.09. The first-order valence-corrected chi connectivity index (χ1v) is 9.83. The molecular formula is C21H22F3N3O7. The number of rotatable bonds is 8. The van der Waals surface area contributed by atoms with Crippen LogP contribution in [0, 0.1) is 24.0 Å². The Morgan fingerprint density at radius 3 is 2.32 bits per heavy atom. The van der Waals surface area contributed by atoms with Crippen LogP contribution in [0.25, 0.3) is 0 Å².